The van der Waals surface area contributed by atoms with Gasteiger partial charge in [-0.15, -0.1) is 11.3 Å². The van der Waals surface area contributed by atoms with Crippen LogP contribution in [-0.2, 0) is 6.42 Å². The lowest BCUT2D eigenvalue weighted by Crippen LogP contribution is -2.40. The van der Waals surface area contributed by atoms with E-state index in [1.807, 2.05) is 6.92 Å². The number of aryl methyl sites for hydroxylation is 1. The second-order valence-electron chi connectivity index (χ2n) is 6.19. The van der Waals surface area contributed by atoms with Gasteiger partial charge in [-0.2, -0.15) is 0 Å². The molecule has 0 aromatic carbocycles. The van der Waals surface area contributed by atoms with Gasteiger partial charge in [-0.3, -0.25) is 4.79 Å². The van der Waals surface area contributed by atoms with E-state index in [0.717, 1.165) is 47.7 Å². The molecular weight excluding hydrogens is 270 g/mol. The summed E-state index contributed by atoms with van der Waals surface area (Å²) >= 11 is 1.51. The van der Waals surface area contributed by atoms with Gasteiger partial charge in [-0.05, 0) is 44.9 Å². The fourth-order valence-corrected chi connectivity index (χ4v) is 3.54. The number of hydrogen-bond acceptors (Lipinski definition) is 4. The summed E-state index contributed by atoms with van der Waals surface area (Å²) in [7, 11) is 0. The van der Waals surface area contributed by atoms with Crippen molar-refractivity contribution < 1.29 is 4.79 Å². The molecule has 1 aliphatic carbocycles. The molecule has 3 N–H and O–H groups in total. The highest BCUT2D eigenvalue weighted by molar-refractivity contribution is 7.13. The summed E-state index contributed by atoms with van der Waals surface area (Å²) in [5.41, 5.74) is 6.85. The van der Waals surface area contributed by atoms with Crippen LogP contribution in [0.25, 0.3) is 0 Å². The second kappa shape index (κ2) is 6.68. The minimum atomic E-state index is 0.0479. The first-order chi connectivity index (χ1) is 9.45. The number of nitrogens with one attached hydrogen (secondary N) is 1. The number of hydrogen-bond donors (Lipinski definition) is 2. The van der Waals surface area contributed by atoms with Gasteiger partial charge in [0.25, 0.3) is 5.91 Å². The maximum atomic E-state index is 12.4. The highest BCUT2D eigenvalue weighted by atomic mass is 32.1. The zero-order valence-corrected chi connectivity index (χ0v) is 13.4. The molecule has 4 nitrogen and oxygen atoms in total. The minimum absolute atomic E-state index is 0.0479. The third-order valence-corrected chi connectivity index (χ3v) is 4.73. The molecule has 1 amide bonds. The van der Waals surface area contributed by atoms with Gasteiger partial charge < -0.3 is 11.1 Å². The third-order valence-electron chi connectivity index (χ3n) is 3.72. The van der Waals surface area contributed by atoms with Crippen LogP contribution < -0.4 is 11.1 Å². The molecule has 1 fully saturated rings. The van der Waals surface area contributed by atoms with Crippen LogP contribution in [0.3, 0.4) is 0 Å². The monoisotopic (exact) mass is 295 g/mol. The molecule has 1 aromatic rings. The summed E-state index contributed by atoms with van der Waals surface area (Å²) in [6, 6.07) is 0.585. The van der Waals surface area contributed by atoms with Crippen molar-refractivity contribution in [1.82, 2.24) is 10.3 Å². The highest BCUT2D eigenvalue weighted by Gasteiger charge is 2.23. The van der Waals surface area contributed by atoms with Gasteiger partial charge in [0.1, 0.15) is 4.88 Å². The third kappa shape index (κ3) is 4.03. The number of carbonyl (C=O) groups is 1. The molecule has 1 heterocycles. The summed E-state index contributed by atoms with van der Waals surface area (Å²) in [5, 5.41) is 4.13. The average molecular weight is 295 g/mol. The Balaban J connectivity index is 2.01. The van der Waals surface area contributed by atoms with Gasteiger partial charge in [-0.1, -0.05) is 13.8 Å². The van der Waals surface area contributed by atoms with Crippen LogP contribution >= 0.6 is 11.3 Å². The number of nitrogens with two attached hydrogens (primary N) is 1. The first kappa shape index (κ1) is 15.4. The van der Waals surface area contributed by atoms with E-state index in [9.17, 15) is 4.79 Å². The lowest BCUT2D eigenvalue weighted by molar-refractivity contribution is 0.0928. The quantitative estimate of drug-likeness (QED) is 0.897. The maximum absolute atomic E-state index is 12.4. The Bertz CT molecular complexity index is 462. The van der Waals surface area contributed by atoms with Gasteiger partial charge in [0.05, 0.1) is 10.7 Å². The largest absolute Gasteiger partial charge is 0.349 e. The molecule has 0 unspecified atom stereocenters. The smallest absolute Gasteiger partial charge is 0.263 e. The van der Waals surface area contributed by atoms with Crippen LogP contribution in [0.1, 0.15) is 59.9 Å². The molecule has 0 spiro atoms. The Hall–Kier alpha value is -0.940. The van der Waals surface area contributed by atoms with Crippen molar-refractivity contribution in [1.29, 1.82) is 0 Å². The highest BCUT2D eigenvalue weighted by Crippen LogP contribution is 2.22. The van der Waals surface area contributed by atoms with E-state index in [4.69, 9.17) is 5.73 Å². The molecule has 2 rings (SSSR count). The average Bonchev–Trinajstić information content (AvgIpc) is 2.72. The number of amides is 1. The van der Waals surface area contributed by atoms with E-state index >= 15 is 0 Å². The molecule has 5 heteroatoms. The van der Waals surface area contributed by atoms with Crippen molar-refractivity contribution in [3.8, 4) is 0 Å². The van der Waals surface area contributed by atoms with Crippen LogP contribution in [0.4, 0.5) is 0 Å². The summed E-state index contributed by atoms with van der Waals surface area (Å²) in [6.45, 7) is 6.27. The lowest BCUT2D eigenvalue weighted by Gasteiger charge is -2.26. The normalized spacial score (nSPS) is 23.1. The molecule has 112 valence electrons. The zero-order chi connectivity index (χ0) is 14.7. The molecule has 1 aliphatic rings. The van der Waals surface area contributed by atoms with Crippen molar-refractivity contribution in [2.45, 2.75) is 65.0 Å². The molecule has 0 bridgehead atoms. The van der Waals surface area contributed by atoms with E-state index in [1.54, 1.807) is 0 Å². The molecule has 1 aromatic heterocycles. The van der Waals surface area contributed by atoms with E-state index in [1.165, 1.54) is 11.3 Å². The molecule has 0 saturated heterocycles. The van der Waals surface area contributed by atoms with E-state index < -0.39 is 0 Å². The van der Waals surface area contributed by atoms with Crippen LogP contribution in [0.2, 0.25) is 0 Å². The molecule has 0 atom stereocenters. The Kier molecular flexibility index (Phi) is 5.16. The second-order valence-corrected chi connectivity index (χ2v) is 7.40. The van der Waals surface area contributed by atoms with Gasteiger partial charge in [0.15, 0.2) is 0 Å². The number of nitrogens with zero attached hydrogens (tertiary/aromatic N) is 1. The van der Waals surface area contributed by atoms with Gasteiger partial charge in [-0.25, -0.2) is 4.98 Å². The number of thiazole rings is 1. The van der Waals surface area contributed by atoms with Crippen LogP contribution in [0.15, 0.2) is 0 Å². The van der Waals surface area contributed by atoms with Gasteiger partial charge in [0.2, 0.25) is 0 Å². The van der Waals surface area contributed by atoms with Crippen LogP contribution in [0, 0.1) is 12.8 Å². The molecular formula is C15H25N3OS. The Labute approximate surface area is 125 Å². The van der Waals surface area contributed by atoms with Gasteiger partial charge in [0, 0.05) is 12.1 Å². The fraction of sp³-hybridized carbons (Fsp3) is 0.733. The van der Waals surface area contributed by atoms with Crippen molar-refractivity contribution in [2.75, 3.05) is 0 Å². The first-order valence-corrected chi connectivity index (χ1v) is 8.30. The Morgan fingerprint density at radius 2 is 2.05 bits per heavy atom. The topological polar surface area (TPSA) is 68.0 Å². The zero-order valence-electron chi connectivity index (χ0n) is 12.6. The first-order valence-electron chi connectivity index (χ1n) is 7.48. The Morgan fingerprint density at radius 1 is 1.40 bits per heavy atom. The van der Waals surface area contributed by atoms with Gasteiger partial charge >= 0.3 is 0 Å². The number of rotatable bonds is 4. The maximum Gasteiger partial charge on any atom is 0.263 e. The van der Waals surface area contributed by atoms with E-state index in [-0.39, 0.29) is 11.9 Å². The lowest BCUT2D eigenvalue weighted by atomic mass is 9.92. The number of aromatic nitrogens is 1. The van der Waals surface area contributed by atoms with Crippen molar-refractivity contribution in [2.24, 2.45) is 11.7 Å². The summed E-state index contributed by atoms with van der Waals surface area (Å²) in [6.07, 6.45) is 4.86. The molecule has 0 radical (unpaired) electrons. The predicted molar refractivity (Wildman–Crippen MR) is 83.1 cm³/mol. The number of carbonyl (C=O) groups excluding carboxylic acids is 1. The predicted octanol–water partition coefficient (Wildman–Crippen LogP) is 2.65. The van der Waals surface area contributed by atoms with Crippen molar-refractivity contribution >= 4 is 17.2 Å². The fourth-order valence-electron chi connectivity index (χ4n) is 2.69. The molecule has 0 aliphatic heterocycles. The SMILES string of the molecule is Cc1nc(CC(C)C)c(C(=O)NC2CCC(N)CC2)s1. The van der Waals surface area contributed by atoms with Crippen molar-refractivity contribution in [3.63, 3.8) is 0 Å². The summed E-state index contributed by atoms with van der Waals surface area (Å²) < 4.78 is 0. The Morgan fingerprint density at radius 3 is 2.65 bits per heavy atom. The summed E-state index contributed by atoms with van der Waals surface area (Å²) in [4.78, 5) is 17.8. The van der Waals surface area contributed by atoms with Crippen LogP contribution in [-0.4, -0.2) is 23.0 Å². The minimum Gasteiger partial charge on any atom is -0.349 e. The van der Waals surface area contributed by atoms with E-state index in [2.05, 4.69) is 24.1 Å². The standard InChI is InChI=1S/C15H25N3OS/c1-9(2)8-13-14(20-10(3)17-13)15(19)18-12-6-4-11(16)5-7-12/h9,11-12H,4-8,16H2,1-3H3,(H,18,19). The van der Waals surface area contributed by atoms with E-state index in [0.29, 0.717) is 12.0 Å². The summed E-state index contributed by atoms with van der Waals surface area (Å²) in [5.74, 6) is 0.558. The van der Waals surface area contributed by atoms with Crippen molar-refractivity contribution in [3.05, 3.63) is 15.6 Å². The van der Waals surface area contributed by atoms with Crippen LogP contribution in [0.5, 0.6) is 0 Å². The molecule has 20 heavy (non-hydrogen) atoms. The molecule has 1 saturated carbocycles.